The smallest absolute Gasteiger partial charge is 0.0449 e. The summed E-state index contributed by atoms with van der Waals surface area (Å²) < 4.78 is 0. The van der Waals surface area contributed by atoms with Crippen LogP contribution in [0, 0.1) is 0 Å². The zero-order chi connectivity index (χ0) is 15.0. The van der Waals surface area contributed by atoms with E-state index >= 15 is 0 Å². The highest BCUT2D eigenvalue weighted by molar-refractivity contribution is 5.25. The van der Waals surface area contributed by atoms with Crippen LogP contribution in [0.15, 0.2) is 24.3 Å². The molecule has 0 amide bonds. The van der Waals surface area contributed by atoms with Crippen LogP contribution in [0.25, 0.3) is 0 Å². The predicted octanol–water partition coefficient (Wildman–Crippen LogP) is 4.02. The van der Waals surface area contributed by atoms with E-state index in [9.17, 15) is 0 Å². The Balaban J connectivity index is 2.80. The van der Waals surface area contributed by atoms with Crippen molar-refractivity contribution in [3.05, 3.63) is 35.4 Å². The minimum Gasteiger partial charge on any atom is -0.309 e. The van der Waals surface area contributed by atoms with Gasteiger partial charge in [0.05, 0.1) is 0 Å². The molecule has 0 aliphatic carbocycles. The predicted molar refractivity (Wildman–Crippen MR) is 89.2 cm³/mol. The first-order valence-corrected chi connectivity index (χ1v) is 8.18. The fraction of sp³-hybridized carbons (Fsp3) is 0.667. The highest BCUT2D eigenvalue weighted by Crippen LogP contribution is 2.17. The molecule has 0 spiro atoms. The Hall–Kier alpha value is -0.860. The molecule has 2 nitrogen and oxygen atoms in total. The van der Waals surface area contributed by atoms with Crippen LogP contribution in [0.5, 0.6) is 0 Å². The van der Waals surface area contributed by atoms with E-state index in [1.807, 2.05) is 0 Å². The second kappa shape index (κ2) is 9.15. The second-order valence-electron chi connectivity index (χ2n) is 5.79. The van der Waals surface area contributed by atoms with E-state index in [1.165, 1.54) is 24.1 Å². The van der Waals surface area contributed by atoms with Crippen LogP contribution in [-0.2, 0) is 6.42 Å². The average Bonchev–Trinajstić information content (AvgIpc) is 2.46. The molecule has 1 unspecified atom stereocenters. The van der Waals surface area contributed by atoms with Gasteiger partial charge < -0.3 is 5.32 Å². The molecule has 0 bridgehead atoms. The Bertz CT molecular complexity index is 356. The molecule has 114 valence electrons. The Labute approximate surface area is 125 Å². The Morgan fingerprint density at radius 3 is 2.15 bits per heavy atom. The minimum atomic E-state index is 0.430. The molecule has 0 aliphatic rings. The molecule has 0 heterocycles. The summed E-state index contributed by atoms with van der Waals surface area (Å²) >= 11 is 0. The van der Waals surface area contributed by atoms with Crippen LogP contribution in [0.4, 0.5) is 0 Å². The molecule has 1 atom stereocenters. The van der Waals surface area contributed by atoms with Crippen LogP contribution in [0.2, 0.25) is 0 Å². The zero-order valence-electron chi connectivity index (χ0n) is 13.9. The van der Waals surface area contributed by atoms with E-state index in [0.29, 0.717) is 12.1 Å². The molecule has 2 heteroatoms. The number of nitrogens with zero attached hydrogens (tertiary/aromatic N) is 1. The van der Waals surface area contributed by atoms with Gasteiger partial charge in [0.15, 0.2) is 0 Å². The van der Waals surface area contributed by atoms with Crippen molar-refractivity contribution < 1.29 is 0 Å². The van der Waals surface area contributed by atoms with Crippen molar-refractivity contribution in [2.24, 2.45) is 0 Å². The molecule has 20 heavy (non-hydrogen) atoms. The third-order valence-electron chi connectivity index (χ3n) is 3.90. The number of hydrogen-bond donors (Lipinski definition) is 1. The number of likely N-dealkylation sites (N-methyl/N-ethyl adjacent to an activating group) is 1. The Morgan fingerprint density at radius 1 is 1.05 bits per heavy atom. The van der Waals surface area contributed by atoms with E-state index in [-0.39, 0.29) is 0 Å². The fourth-order valence-corrected chi connectivity index (χ4v) is 2.60. The SMILES string of the molecule is CCCN(CC(NCC)c1ccc(CC)cc1)C(C)C. The maximum Gasteiger partial charge on any atom is 0.0449 e. The van der Waals surface area contributed by atoms with Gasteiger partial charge in [-0.3, -0.25) is 4.90 Å². The molecular formula is C18H32N2. The third-order valence-corrected chi connectivity index (χ3v) is 3.90. The molecule has 1 aromatic carbocycles. The maximum atomic E-state index is 3.64. The van der Waals surface area contributed by atoms with Crippen molar-refractivity contribution >= 4 is 0 Å². The van der Waals surface area contributed by atoms with Gasteiger partial charge in [-0.25, -0.2) is 0 Å². The van der Waals surface area contributed by atoms with Crippen LogP contribution in [-0.4, -0.2) is 30.6 Å². The fourth-order valence-electron chi connectivity index (χ4n) is 2.60. The molecule has 0 radical (unpaired) electrons. The van der Waals surface area contributed by atoms with Gasteiger partial charge in [0, 0.05) is 18.6 Å². The lowest BCUT2D eigenvalue weighted by Gasteiger charge is -2.31. The summed E-state index contributed by atoms with van der Waals surface area (Å²) in [6.45, 7) is 14.5. The summed E-state index contributed by atoms with van der Waals surface area (Å²) in [6.07, 6.45) is 2.33. The lowest BCUT2D eigenvalue weighted by Crippen LogP contribution is -2.39. The summed E-state index contributed by atoms with van der Waals surface area (Å²) in [5.74, 6) is 0. The summed E-state index contributed by atoms with van der Waals surface area (Å²) in [5.41, 5.74) is 2.82. The normalized spacial score (nSPS) is 13.2. The number of hydrogen-bond acceptors (Lipinski definition) is 2. The van der Waals surface area contributed by atoms with E-state index in [4.69, 9.17) is 0 Å². The van der Waals surface area contributed by atoms with Gasteiger partial charge >= 0.3 is 0 Å². The first kappa shape index (κ1) is 17.2. The van der Waals surface area contributed by atoms with Gasteiger partial charge in [0.2, 0.25) is 0 Å². The summed E-state index contributed by atoms with van der Waals surface area (Å²) in [4.78, 5) is 2.57. The largest absolute Gasteiger partial charge is 0.309 e. The Kier molecular flexibility index (Phi) is 7.86. The summed E-state index contributed by atoms with van der Waals surface area (Å²) in [7, 11) is 0. The molecule has 0 fully saturated rings. The number of benzene rings is 1. The number of rotatable bonds is 9. The summed E-state index contributed by atoms with van der Waals surface area (Å²) in [6, 6.07) is 10.1. The van der Waals surface area contributed by atoms with Crippen molar-refractivity contribution in [3.63, 3.8) is 0 Å². The van der Waals surface area contributed by atoms with Gasteiger partial charge in [-0.05, 0) is 50.9 Å². The molecule has 1 aromatic rings. The van der Waals surface area contributed by atoms with Crippen molar-refractivity contribution in [2.45, 2.75) is 59.5 Å². The minimum absolute atomic E-state index is 0.430. The topological polar surface area (TPSA) is 15.3 Å². The molecule has 1 N–H and O–H groups in total. The highest BCUT2D eigenvalue weighted by Gasteiger charge is 2.16. The molecule has 0 saturated carbocycles. The molecule has 0 saturated heterocycles. The van der Waals surface area contributed by atoms with Gasteiger partial charge in [0.1, 0.15) is 0 Å². The monoisotopic (exact) mass is 276 g/mol. The molecule has 0 aromatic heterocycles. The van der Waals surface area contributed by atoms with Gasteiger partial charge in [-0.2, -0.15) is 0 Å². The van der Waals surface area contributed by atoms with Gasteiger partial charge in [-0.15, -0.1) is 0 Å². The van der Waals surface area contributed by atoms with Gasteiger partial charge in [-0.1, -0.05) is 45.0 Å². The summed E-state index contributed by atoms with van der Waals surface area (Å²) in [5, 5.41) is 3.64. The van der Waals surface area contributed by atoms with Crippen molar-refractivity contribution in [1.82, 2.24) is 10.2 Å². The average molecular weight is 276 g/mol. The lowest BCUT2D eigenvalue weighted by molar-refractivity contribution is 0.198. The molecule has 0 aliphatic heterocycles. The lowest BCUT2D eigenvalue weighted by atomic mass is 10.0. The zero-order valence-corrected chi connectivity index (χ0v) is 13.9. The quantitative estimate of drug-likeness (QED) is 0.733. The highest BCUT2D eigenvalue weighted by atomic mass is 15.2. The first-order chi connectivity index (χ1) is 9.62. The number of aryl methyl sites for hydroxylation is 1. The number of nitrogens with one attached hydrogen (secondary N) is 1. The van der Waals surface area contributed by atoms with Crippen LogP contribution >= 0.6 is 0 Å². The molecule has 1 rings (SSSR count). The first-order valence-electron chi connectivity index (χ1n) is 8.18. The Morgan fingerprint density at radius 2 is 1.70 bits per heavy atom. The van der Waals surface area contributed by atoms with E-state index in [1.54, 1.807) is 0 Å². The van der Waals surface area contributed by atoms with Crippen molar-refractivity contribution in [1.29, 1.82) is 0 Å². The van der Waals surface area contributed by atoms with Crippen LogP contribution in [0.1, 0.15) is 58.2 Å². The van der Waals surface area contributed by atoms with E-state index in [0.717, 1.165) is 19.5 Å². The van der Waals surface area contributed by atoms with Crippen LogP contribution in [0.3, 0.4) is 0 Å². The van der Waals surface area contributed by atoms with Crippen LogP contribution < -0.4 is 5.32 Å². The van der Waals surface area contributed by atoms with E-state index in [2.05, 4.69) is 69.1 Å². The standard InChI is InChI=1S/C18H32N2/c1-6-13-20(15(4)5)14-18(19-8-3)17-11-9-16(7-2)10-12-17/h9-12,15,18-19H,6-8,13-14H2,1-5H3. The van der Waals surface area contributed by atoms with E-state index < -0.39 is 0 Å². The maximum absolute atomic E-state index is 3.64. The third kappa shape index (κ3) is 5.26. The molecular weight excluding hydrogens is 244 g/mol. The second-order valence-corrected chi connectivity index (χ2v) is 5.79. The van der Waals surface area contributed by atoms with Gasteiger partial charge in [0.25, 0.3) is 0 Å². The van der Waals surface area contributed by atoms with Crippen molar-refractivity contribution in [2.75, 3.05) is 19.6 Å². The van der Waals surface area contributed by atoms with Crippen molar-refractivity contribution in [3.8, 4) is 0 Å².